The Balaban J connectivity index is 1.95. The number of aryl methyl sites for hydroxylation is 1. The average molecular weight is 427 g/mol. The number of ether oxygens (including phenoxy) is 2. The van der Waals surface area contributed by atoms with E-state index in [1.54, 1.807) is 4.90 Å². The standard InChI is InChI=1S/C25H34N2O4/c1-17(2)15-21(26)23(28)31-25(13-10-19-8-5-7-18(3)16-19)12-6-9-22-20(25)11-14-27(22)24(29)30-4/h5,7-8,16-17,20-22H,6,9,11-12,14-15,26H2,1-4H3/t20-,21+,22-,25-/m1/s1. The van der Waals surface area contributed by atoms with Crippen molar-refractivity contribution in [2.75, 3.05) is 13.7 Å². The Kier molecular flexibility index (Phi) is 7.27. The number of rotatable bonds is 4. The molecule has 168 valence electrons. The van der Waals surface area contributed by atoms with Crippen LogP contribution in [0, 0.1) is 30.6 Å². The van der Waals surface area contributed by atoms with Gasteiger partial charge in [0.15, 0.2) is 5.60 Å². The molecule has 0 bridgehead atoms. The number of carbonyl (C=O) groups is 2. The molecule has 4 atom stereocenters. The third kappa shape index (κ3) is 5.22. The molecule has 1 aliphatic heterocycles. The van der Waals surface area contributed by atoms with Crippen LogP contribution in [0.4, 0.5) is 4.79 Å². The molecule has 2 aliphatic rings. The Morgan fingerprint density at radius 2 is 2.10 bits per heavy atom. The zero-order valence-corrected chi connectivity index (χ0v) is 19.0. The molecule has 1 aromatic rings. The summed E-state index contributed by atoms with van der Waals surface area (Å²) in [7, 11) is 1.40. The molecule has 2 N–H and O–H groups in total. The fourth-order valence-electron chi connectivity index (χ4n) is 4.93. The van der Waals surface area contributed by atoms with Gasteiger partial charge in [0.25, 0.3) is 0 Å². The maximum atomic E-state index is 13.0. The van der Waals surface area contributed by atoms with Crippen LogP contribution in [-0.2, 0) is 14.3 Å². The number of hydrogen-bond donors (Lipinski definition) is 1. The van der Waals surface area contributed by atoms with Gasteiger partial charge in [-0.3, -0.25) is 4.79 Å². The molecule has 2 fully saturated rings. The van der Waals surface area contributed by atoms with Crippen molar-refractivity contribution in [2.45, 2.75) is 70.6 Å². The highest BCUT2D eigenvalue weighted by Crippen LogP contribution is 2.45. The van der Waals surface area contributed by atoms with Crippen molar-refractivity contribution in [3.63, 3.8) is 0 Å². The monoisotopic (exact) mass is 426 g/mol. The number of nitrogens with two attached hydrogens (primary N) is 1. The second-order valence-electron chi connectivity index (χ2n) is 9.18. The van der Waals surface area contributed by atoms with Crippen molar-refractivity contribution in [1.82, 2.24) is 4.90 Å². The minimum absolute atomic E-state index is 0.0536. The van der Waals surface area contributed by atoms with Gasteiger partial charge in [-0.25, -0.2) is 4.79 Å². The Hall–Kier alpha value is -2.52. The van der Waals surface area contributed by atoms with E-state index in [1.165, 1.54) is 7.11 Å². The SMILES string of the molecule is COC(=O)N1CC[C@@H]2[C@H]1CCC[C@]2(C#Cc1cccc(C)c1)OC(=O)[C@@H](N)CC(C)C. The highest BCUT2D eigenvalue weighted by molar-refractivity contribution is 5.76. The third-order valence-electron chi connectivity index (χ3n) is 6.35. The number of hydrogen-bond acceptors (Lipinski definition) is 5. The minimum atomic E-state index is -0.957. The molecule has 0 spiro atoms. The third-order valence-corrected chi connectivity index (χ3v) is 6.35. The zero-order valence-electron chi connectivity index (χ0n) is 19.0. The van der Waals surface area contributed by atoms with Gasteiger partial charge in [0.2, 0.25) is 0 Å². The molecule has 31 heavy (non-hydrogen) atoms. The van der Waals surface area contributed by atoms with Crippen molar-refractivity contribution in [3.8, 4) is 11.8 Å². The van der Waals surface area contributed by atoms with E-state index < -0.39 is 17.6 Å². The average Bonchev–Trinajstić information content (AvgIpc) is 3.17. The lowest BCUT2D eigenvalue weighted by molar-refractivity contribution is -0.164. The van der Waals surface area contributed by atoms with Gasteiger partial charge in [-0.2, -0.15) is 0 Å². The summed E-state index contributed by atoms with van der Waals surface area (Å²) in [6, 6.07) is 7.22. The van der Waals surface area contributed by atoms with E-state index in [-0.39, 0.29) is 24.0 Å². The van der Waals surface area contributed by atoms with Crippen molar-refractivity contribution in [2.24, 2.45) is 17.6 Å². The van der Waals surface area contributed by atoms with E-state index in [4.69, 9.17) is 15.2 Å². The molecular formula is C25H34N2O4. The number of likely N-dealkylation sites (tertiary alicyclic amines) is 1. The van der Waals surface area contributed by atoms with Crippen LogP contribution >= 0.6 is 0 Å². The van der Waals surface area contributed by atoms with Gasteiger partial charge in [0.05, 0.1) is 7.11 Å². The largest absolute Gasteiger partial charge is 0.453 e. The van der Waals surface area contributed by atoms with Crippen LogP contribution < -0.4 is 5.73 Å². The highest BCUT2D eigenvalue weighted by Gasteiger charge is 2.54. The van der Waals surface area contributed by atoms with Gasteiger partial charge < -0.3 is 20.1 Å². The molecule has 1 amide bonds. The molecule has 3 rings (SSSR count). The summed E-state index contributed by atoms with van der Waals surface area (Å²) in [5, 5.41) is 0. The Morgan fingerprint density at radius 1 is 1.32 bits per heavy atom. The molecule has 1 aliphatic carbocycles. The van der Waals surface area contributed by atoms with E-state index in [1.807, 2.05) is 45.0 Å². The van der Waals surface area contributed by atoms with Crippen molar-refractivity contribution in [1.29, 1.82) is 0 Å². The van der Waals surface area contributed by atoms with Crippen molar-refractivity contribution < 1.29 is 19.1 Å². The van der Waals surface area contributed by atoms with E-state index >= 15 is 0 Å². The predicted octanol–water partition coefficient (Wildman–Crippen LogP) is 3.64. The quantitative estimate of drug-likeness (QED) is 0.587. The van der Waals surface area contributed by atoms with E-state index in [0.717, 1.165) is 30.4 Å². The maximum absolute atomic E-state index is 13.0. The lowest BCUT2D eigenvalue weighted by Gasteiger charge is -2.43. The molecule has 1 saturated heterocycles. The second kappa shape index (κ2) is 9.74. The molecule has 0 radical (unpaired) electrons. The number of benzene rings is 1. The Morgan fingerprint density at radius 3 is 2.77 bits per heavy atom. The molecule has 1 aromatic carbocycles. The summed E-state index contributed by atoms with van der Waals surface area (Å²) in [6.07, 6.45) is 3.24. The summed E-state index contributed by atoms with van der Waals surface area (Å²) in [4.78, 5) is 27.0. The first kappa shape index (κ1) is 23.1. The van der Waals surface area contributed by atoms with Crippen LogP contribution in [0.3, 0.4) is 0 Å². The van der Waals surface area contributed by atoms with Gasteiger partial charge in [-0.1, -0.05) is 31.9 Å². The smallest absolute Gasteiger partial charge is 0.409 e. The van der Waals surface area contributed by atoms with Crippen LogP contribution in [0.25, 0.3) is 0 Å². The molecule has 0 unspecified atom stereocenters. The number of nitrogens with zero attached hydrogens (tertiary/aromatic N) is 1. The summed E-state index contributed by atoms with van der Waals surface area (Å²) < 4.78 is 11.1. The van der Waals surface area contributed by atoms with Crippen LogP contribution in [0.1, 0.15) is 57.1 Å². The number of carbonyl (C=O) groups excluding carboxylic acids is 2. The fourth-order valence-corrected chi connectivity index (χ4v) is 4.93. The fraction of sp³-hybridized carbons (Fsp3) is 0.600. The zero-order chi connectivity index (χ0) is 22.6. The van der Waals surface area contributed by atoms with E-state index in [2.05, 4.69) is 11.8 Å². The van der Waals surface area contributed by atoms with Gasteiger partial charge in [-0.15, -0.1) is 0 Å². The lowest BCUT2D eigenvalue weighted by atomic mass is 9.72. The summed E-state index contributed by atoms with van der Waals surface area (Å²) in [6.45, 7) is 6.66. The summed E-state index contributed by atoms with van der Waals surface area (Å²) in [5.74, 6) is 6.40. The highest BCUT2D eigenvalue weighted by atomic mass is 16.6. The topological polar surface area (TPSA) is 81.9 Å². The maximum Gasteiger partial charge on any atom is 0.409 e. The molecular weight excluding hydrogens is 392 g/mol. The van der Waals surface area contributed by atoms with Crippen LogP contribution in [0.2, 0.25) is 0 Å². The molecule has 1 heterocycles. The number of fused-ring (bicyclic) bond motifs is 1. The summed E-state index contributed by atoms with van der Waals surface area (Å²) in [5.41, 5.74) is 7.19. The first-order valence-electron chi connectivity index (χ1n) is 11.2. The summed E-state index contributed by atoms with van der Waals surface area (Å²) >= 11 is 0. The molecule has 6 heteroatoms. The predicted molar refractivity (Wildman–Crippen MR) is 119 cm³/mol. The van der Waals surface area contributed by atoms with Crippen molar-refractivity contribution in [3.05, 3.63) is 35.4 Å². The van der Waals surface area contributed by atoms with Crippen molar-refractivity contribution >= 4 is 12.1 Å². The van der Waals surface area contributed by atoms with E-state index in [9.17, 15) is 9.59 Å². The van der Waals surface area contributed by atoms with Crippen LogP contribution in [0.5, 0.6) is 0 Å². The minimum Gasteiger partial charge on any atom is -0.453 e. The number of methoxy groups -OCH3 is 1. The van der Waals surface area contributed by atoms with E-state index in [0.29, 0.717) is 19.4 Å². The first-order chi connectivity index (χ1) is 14.8. The van der Waals surface area contributed by atoms with Gasteiger partial charge in [-0.05, 0) is 68.6 Å². The molecule has 0 aromatic heterocycles. The second-order valence-corrected chi connectivity index (χ2v) is 9.18. The number of esters is 1. The normalized spacial score (nSPS) is 25.9. The number of amides is 1. The van der Waals surface area contributed by atoms with Crippen LogP contribution in [0.15, 0.2) is 24.3 Å². The Labute approximate surface area is 185 Å². The van der Waals surface area contributed by atoms with Gasteiger partial charge in [0.1, 0.15) is 6.04 Å². The van der Waals surface area contributed by atoms with Gasteiger partial charge in [0, 0.05) is 24.1 Å². The lowest BCUT2D eigenvalue weighted by Crippen LogP contribution is -2.53. The van der Waals surface area contributed by atoms with Crippen LogP contribution in [-0.4, -0.2) is 48.3 Å². The van der Waals surface area contributed by atoms with Gasteiger partial charge >= 0.3 is 12.1 Å². The molecule has 1 saturated carbocycles. The molecule has 6 nitrogen and oxygen atoms in total. The Bertz CT molecular complexity index is 872. The first-order valence-corrected chi connectivity index (χ1v) is 11.2.